The minimum atomic E-state index is -0.193. The van der Waals surface area contributed by atoms with Gasteiger partial charge in [-0.25, -0.2) is 0 Å². The lowest BCUT2D eigenvalue weighted by Gasteiger charge is -2.43. The highest BCUT2D eigenvalue weighted by atomic mass is 16.2. The minimum absolute atomic E-state index is 0.0354. The average Bonchev–Trinajstić information content (AvgIpc) is 2.94. The van der Waals surface area contributed by atoms with Gasteiger partial charge in [0.05, 0.1) is 18.6 Å². The van der Waals surface area contributed by atoms with E-state index in [1.807, 2.05) is 6.07 Å². The second kappa shape index (κ2) is 11.6. The van der Waals surface area contributed by atoms with Gasteiger partial charge >= 0.3 is 0 Å². The third-order valence-corrected chi connectivity index (χ3v) is 7.55. The number of rotatable bonds is 7. The number of amides is 1. The molecule has 0 spiro atoms. The summed E-state index contributed by atoms with van der Waals surface area (Å²) >= 11 is 0. The maximum absolute atomic E-state index is 14.7. The number of para-hydroxylation sites is 1. The normalized spacial score (nSPS) is 16.0. The summed E-state index contributed by atoms with van der Waals surface area (Å²) in [7, 11) is 0. The SMILES string of the molecule is Cc1cccc(C)c1N(Cc1ccccc1)C(=O)[C@@H]1CCCCN1C(c1ccccc1)c1ccccc1. The van der Waals surface area contributed by atoms with Crippen molar-refractivity contribution in [1.29, 1.82) is 0 Å². The third kappa shape index (κ3) is 5.52. The zero-order valence-corrected chi connectivity index (χ0v) is 21.9. The van der Waals surface area contributed by atoms with Gasteiger partial charge in [-0.2, -0.15) is 0 Å². The van der Waals surface area contributed by atoms with Crippen LogP contribution >= 0.6 is 0 Å². The molecular formula is C34H36N2O. The Morgan fingerprint density at radius 2 is 1.30 bits per heavy atom. The molecule has 0 N–H and O–H groups in total. The van der Waals surface area contributed by atoms with Gasteiger partial charge in [-0.1, -0.05) is 116 Å². The van der Waals surface area contributed by atoms with Crippen LogP contribution in [0.5, 0.6) is 0 Å². The zero-order chi connectivity index (χ0) is 25.6. The number of carbonyl (C=O) groups is 1. The summed E-state index contributed by atoms with van der Waals surface area (Å²) < 4.78 is 0. The number of benzene rings is 4. The number of aryl methyl sites for hydroxylation is 2. The van der Waals surface area contributed by atoms with E-state index < -0.39 is 0 Å². The van der Waals surface area contributed by atoms with Crippen molar-refractivity contribution in [2.45, 2.75) is 51.7 Å². The molecule has 1 fully saturated rings. The molecule has 1 heterocycles. The molecular weight excluding hydrogens is 452 g/mol. The van der Waals surface area contributed by atoms with Crippen LogP contribution in [0.4, 0.5) is 5.69 Å². The Morgan fingerprint density at radius 1 is 0.757 bits per heavy atom. The summed E-state index contributed by atoms with van der Waals surface area (Å²) in [6.07, 6.45) is 3.03. The van der Waals surface area contributed by atoms with Gasteiger partial charge in [0.25, 0.3) is 0 Å². The minimum Gasteiger partial charge on any atom is -0.306 e. The average molecular weight is 489 g/mol. The summed E-state index contributed by atoms with van der Waals surface area (Å²) in [5.41, 5.74) is 6.91. The lowest BCUT2D eigenvalue weighted by atomic mass is 9.91. The highest BCUT2D eigenvalue weighted by Gasteiger charge is 2.38. The van der Waals surface area contributed by atoms with Crippen LogP contribution in [0.2, 0.25) is 0 Å². The van der Waals surface area contributed by atoms with Gasteiger partial charge in [0.15, 0.2) is 0 Å². The lowest BCUT2D eigenvalue weighted by Crippen LogP contribution is -2.52. The van der Waals surface area contributed by atoms with Gasteiger partial charge in [-0.15, -0.1) is 0 Å². The Morgan fingerprint density at radius 3 is 1.86 bits per heavy atom. The third-order valence-electron chi connectivity index (χ3n) is 7.55. The fourth-order valence-electron chi connectivity index (χ4n) is 5.82. The maximum atomic E-state index is 14.7. The van der Waals surface area contributed by atoms with Crippen LogP contribution in [-0.4, -0.2) is 23.4 Å². The molecule has 0 unspecified atom stereocenters. The first-order valence-corrected chi connectivity index (χ1v) is 13.4. The van der Waals surface area contributed by atoms with Crippen molar-refractivity contribution >= 4 is 11.6 Å². The monoisotopic (exact) mass is 488 g/mol. The van der Waals surface area contributed by atoms with E-state index in [0.29, 0.717) is 6.54 Å². The molecule has 0 aliphatic carbocycles. The quantitative estimate of drug-likeness (QED) is 0.269. The molecule has 3 heteroatoms. The Balaban J connectivity index is 1.57. The van der Waals surface area contributed by atoms with Crippen LogP contribution in [0.3, 0.4) is 0 Å². The summed E-state index contributed by atoms with van der Waals surface area (Å²) in [6, 6.07) is 37.8. The van der Waals surface area contributed by atoms with E-state index in [1.165, 1.54) is 11.1 Å². The Labute approximate surface area is 221 Å². The first-order chi connectivity index (χ1) is 18.1. The van der Waals surface area contributed by atoms with E-state index in [1.54, 1.807) is 0 Å². The molecule has 0 bridgehead atoms. The van der Waals surface area contributed by atoms with Crippen molar-refractivity contribution in [3.05, 3.63) is 137 Å². The number of carbonyl (C=O) groups excluding carboxylic acids is 1. The van der Waals surface area contributed by atoms with Crippen LogP contribution < -0.4 is 4.90 Å². The van der Waals surface area contributed by atoms with Crippen molar-refractivity contribution in [2.75, 3.05) is 11.4 Å². The molecule has 5 rings (SSSR count). The first kappa shape index (κ1) is 25.0. The summed E-state index contributed by atoms with van der Waals surface area (Å²) in [5.74, 6) is 0.192. The molecule has 1 aliphatic heterocycles. The molecule has 37 heavy (non-hydrogen) atoms. The van der Waals surface area contributed by atoms with E-state index in [0.717, 1.165) is 48.2 Å². The van der Waals surface area contributed by atoms with E-state index in [9.17, 15) is 4.79 Å². The standard InChI is InChI=1S/C34H36N2O/c1-26-15-14-16-27(2)32(26)36(25-28-17-6-3-7-18-28)34(37)31-23-12-13-24-35(31)33(29-19-8-4-9-20-29)30-21-10-5-11-22-30/h3-11,14-22,31,33H,12-13,23-25H2,1-2H3/t31-/m0/s1. The van der Waals surface area contributed by atoms with Crippen LogP contribution in [0.25, 0.3) is 0 Å². The Hall–Kier alpha value is -3.69. The zero-order valence-electron chi connectivity index (χ0n) is 21.9. The summed E-state index contributed by atoms with van der Waals surface area (Å²) in [4.78, 5) is 19.2. The van der Waals surface area contributed by atoms with E-state index in [2.05, 4.69) is 127 Å². The van der Waals surface area contributed by atoms with Gasteiger partial charge in [0.2, 0.25) is 5.91 Å². The Kier molecular flexibility index (Phi) is 7.82. The predicted octanol–water partition coefficient (Wildman–Crippen LogP) is 7.48. The van der Waals surface area contributed by atoms with Crippen LogP contribution in [0.15, 0.2) is 109 Å². The van der Waals surface area contributed by atoms with Crippen molar-refractivity contribution in [2.24, 2.45) is 0 Å². The molecule has 1 saturated heterocycles. The topological polar surface area (TPSA) is 23.6 Å². The molecule has 0 saturated carbocycles. The molecule has 0 aromatic heterocycles. The van der Waals surface area contributed by atoms with Crippen LogP contribution in [-0.2, 0) is 11.3 Å². The fourth-order valence-corrected chi connectivity index (χ4v) is 5.82. The molecule has 4 aromatic rings. The fraction of sp³-hybridized carbons (Fsp3) is 0.265. The number of hydrogen-bond donors (Lipinski definition) is 0. The number of hydrogen-bond acceptors (Lipinski definition) is 2. The van der Waals surface area contributed by atoms with Crippen molar-refractivity contribution in [3.63, 3.8) is 0 Å². The number of nitrogens with zero attached hydrogens (tertiary/aromatic N) is 2. The van der Waals surface area contributed by atoms with Gasteiger partial charge < -0.3 is 4.90 Å². The van der Waals surface area contributed by atoms with Crippen molar-refractivity contribution in [3.8, 4) is 0 Å². The molecule has 1 amide bonds. The number of anilines is 1. The molecule has 188 valence electrons. The van der Waals surface area contributed by atoms with Crippen LogP contribution in [0.1, 0.15) is 53.1 Å². The molecule has 0 radical (unpaired) electrons. The maximum Gasteiger partial charge on any atom is 0.244 e. The summed E-state index contributed by atoms with van der Waals surface area (Å²) in [6.45, 7) is 5.69. The summed E-state index contributed by atoms with van der Waals surface area (Å²) in [5, 5.41) is 0. The second-order valence-electron chi connectivity index (χ2n) is 10.1. The largest absolute Gasteiger partial charge is 0.306 e. The van der Waals surface area contributed by atoms with Gasteiger partial charge in [0, 0.05) is 5.69 Å². The van der Waals surface area contributed by atoms with Crippen molar-refractivity contribution < 1.29 is 4.79 Å². The predicted molar refractivity (Wildman–Crippen MR) is 153 cm³/mol. The lowest BCUT2D eigenvalue weighted by molar-refractivity contribution is -0.126. The molecule has 1 atom stereocenters. The van der Waals surface area contributed by atoms with Crippen LogP contribution in [0, 0.1) is 13.8 Å². The molecule has 1 aliphatic rings. The van der Waals surface area contributed by atoms with Gasteiger partial charge in [-0.05, 0) is 61.1 Å². The van der Waals surface area contributed by atoms with E-state index >= 15 is 0 Å². The Bertz CT molecular complexity index is 1240. The highest BCUT2D eigenvalue weighted by Crippen LogP contribution is 2.36. The number of likely N-dealkylation sites (tertiary alicyclic amines) is 1. The molecule has 3 nitrogen and oxygen atoms in total. The smallest absolute Gasteiger partial charge is 0.244 e. The van der Waals surface area contributed by atoms with Crippen molar-refractivity contribution in [1.82, 2.24) is 4.90 Å². The van der Waals surface area contributed by atoms with E-state index in [-0.39, 0.29) is 18.0 Å². The second-order valence-corrected chi connectivity index (χ2v) is 10.1. The molecule has 4 aromatic carbocycles. The number of piperidine rings is 1. The first-order valence-electron chi connectivity index (χ1n) is 13.4. The highest BCUT2D eigenvalue weighted by molar-refractivity contribution is 5.98. The van der Waals surface area contributed by atoms with Gasteiger partial charge in [-0.3, -0.25) is 9.69 Å². The van der Waals surface area contributed by atoms with Gasteiger partial charge in [0.1, 0.15) is 0 Å². The van der Waals surface area contributed by atoms with E-state index in [4.69, 9.17) is 0 Å².